The van der Waals surface area contributed by atoms with Crippen LogP contribution in [0.2, 0.25) is 10.2 Å². The highest BCUT2D eigenvalue weighted by Gasteiger charge is 2.06. The molecule has 2 aromatic rings. The molecular formula is C9H4Cl2FN. The fourth-order valence-corrected chi connectivity index (χ4v) is 1.41. The summed E-state index contributed by atoms with van der Waals surface area (Å²) in [6.45, 7) is 0. The van der Waals surface area contributed by atoms with Gasteiger partial charge < -0.3 is 0 Å². The zero-order valence-corrected chi connectivity index (χ0v) is 7.90. The first-order valence-electron chi connectivity index (χ1n) is 3.59. The van der Waals surface area contributed by atoms with Gasteiger partial charge in [-0.3, -0.25) is 0 Å². The van der Waals surface area contributed by atoms with E-state index in [1.165, 1.54) is 6.07 Å². The van der Waals surface area contributed by atoms with Gasteiger partial charge in [0.2, 0.25) is 0 Å². The number of pyridine rings is 1. The predicted molar refractivity (Wildman–Crippen MR) is 51.7 cm³/mol. The van der Waals surface area contributed by atoms with Crippen LogP contribution in [0.15, 0.2) is 24.3 Å². The minimum atomic E-state index is -0.526. The normalized spacial score (nSPS) is 10.7. The van der Waals surface area contributed by atoms with Crippen LogP contribution in [0, 0.1) is 5.82 Å². The number of rotatable bonds is 0. The molecule has 1 aromatic carbocycles. The molecule has 0 aliphatic heterocycles. The van der Waals surface area contributed by atoms with E-state index in [1.807, 2.05) is 0 Å². The molecule has 0 atom stereocenters. The third-order valence-corrected chi connectivity index (χ3v) is 2.22. The van der Waals surface area contributed by atoms with Crippen LogP contribution in [0.5, 0.6) is 0 Å². The SMILES string of the molecule is Fc1c(Cl)ccc2ccc(Cl)nc12. The van der Waals surface area contributed by atoms with Gasteiger partial charge in [0.05, 0.1) is 5.02 Å². The number of fused-ring (bicyclic) bond motifs is 1. The summed E-state index contributed by atoms with van der Waals surface area (Å²) >= 11 is 11.2. The largest absolute Gasteiger partial charge is 0.233 e. The van der Waals surface area contributed by atoms with Crippen LogP contribution in [0.1, 0.15) is 0 Å². The standard InChI is InChI=1S/C9H4Cl2FN/c10-6-3-1-5-2-4-7(11)13-9(5)8(6)12/h1-4H. The molecule has 0 bridgehead atoms. The summed E-state index contributed by atoms with van der Waals surface area (Å²) < 4.78 is 13.3. The third-order valence-electron chi connectivity index (χ3n) is 1.72. The number of aromatic nitrogens is 1. The first-order chi connectivity index (χ1) is 6.18. The van der Waals surface area contributed by atoms with Crippen molar-refractivity contribution in [3.05, 3.63) is 40.3 Å². The maximum Gasteiger partial charge on any atom is 0.168 e. The highest BCUT2D eigenvalue weighted by atomic mass is 35.5. The van der Waals surface area contributed by atoms with Gasteiger partial charge in [0, 0.05) is 5.39 Å². The van der Waals surface area contributed by atoms with Crippen molar-refractivity contribution in [3.63, 3.8) is 0 Å². The molecule has 0 amide bonds. The predicted octanol–water partition coefficient (Wildman–Crippen LogP) is 3.68. The number of hydrogen-bond donors (Lipinski definition) is 0. The molecule has 0 fully saturated rings. The van der Waals surface area contributed by atoms with Gasteiger partial charge >= 0.3 is 0 Å². The summed E-state index contributed by atoms with van der Waals surface area (Å²) in [6, 6.07) is 6.50. The molecule has 0 aliphatic rings. The van der Waals surface area contributed by atoms with Crippen LogP contribution in [-0.2, 0) is 0 Å². The average Bonchev–Trinajstić information content (AvgIpc) is 2.12. The van der Waals surface area contributed by atoms with Crippen LogP contribution < -0.4 is 0 Å². The average molecular weight is 216 g/mol. The molecule has 66 valence electrons. The Hall–Kier alpha value is -0.860. The van der Waals surface area contributed by atoms with Gasteiger partial charge in [-0.25, -0.2) is 9.37 Å². The Kier molecular flexibility index (Phi) is 2.10. The van der Waals surface area contributed by atoms with Gasteiger partial charge in [0.25, 0.3) is 0 Å². The van der Waals surface area contributed by atoms with E-state index >= 15 is 0 Å². The van der Waals surface area contributed by atoms with Crippen molar-refractivity contribution in [2.45, 2.75) is 0 Å². The lowest BCUT2D eigenvalue weighted by atomic mass is 10.2. The van der Waals surface area contributed by atoms with Crippen molar-refractivity contribution >= 4 is 34.1 Å². The first-order valence-corrected chi connectivity index (χ1v) is 4.34. The molecule has 0 radical (unpaired) electrons. The zero-order chi connectivity index (χ0) is 9.42. The lowest BCUT2D eigenvalue weighted by Crippen LogP contribution is -1.85. The first kappa shape index (κ1) is 8.73. The van der Waals surface area contributed by atoms with E-state index in [1.54, 1.807) is 18.2 Å². The maximum absolute atomic E-state index is 13.3. The molecule has 0 saturated carbocycles. The topological polar surface area (TPSA) is 12.9 Å². The summed E-state index contributed by atoms with van der Waals surface area (Å²) in [5, 5.41) is 1.00. The minimum absolute atomic E-state index is 0.0577. The Bertz CT molecular complexity index is 465. The Balaban J connectivity index is 2.89. The molecular weight excluding hydrogens is 212 g/mol. The number of benzene rings is 1. The van der Waals surface area contributed by atoms with Gasteiger partial charge in [-0.05, 0) is 18.2 Å². The zero-order valence-electron chi connectivity index (χ0n) is 6.39. The third kappa shape index (κ3) is 1.47. The Morgan fingerprint density at radius 1 is 1.08 bits per heavy atom. The molecule has 4 heteroatoms. The van der Waals surface area contributed by atoms with E-state index < -0.39 is 5.82 Å². The van der Waals surface area contributed by atoms with Crippen molar-refractivity contribution in [2.75, 3.05) is 0 Å². The van der Waals surface area contributed by atoms with Crippen LogP contribution in [0.25, 0.3) is 10.9 Å². The van der Waals surface area contributed by atoms with Crippen molar-refractivity contribution in [3.8, 4) is 0 Å². The summed E-state index contributed by atoms with van der Waals surface area (Å²) in [4.78, 5) is 3.84. The van der Waals surface area contributed by atoms with Gasteiger partial charge in [-0.15, -0.1) is 0 Å². The molecule has 1 heterocycles. The molecule has 0 spiro atoms. The monoisotopic (exact) mass is 215 g/mol. The van der Waals surface area contributed by atoms with Crippen LogP contribution >= 0.6 is 23.2 Å². The second kappa shape index (κ2) is 3.13. The van der Waals surface area contributed by atoms with E-state index in [0.717, 1.165) is 0 Å². The molecule has 1 nitrogen and oxygen atoms in total. The second-order valence-corrected chi connectivity index (χ2v) is 3.36. The Morgan fingerprint density at radius 3 is 2.54 bits per heavy atom. The molecule has 2 rings (SSSR count). The Labute approximate surface area is 84.1 Å². The smallest absolute Gasteiger partial charge is 0.168 e. The summed E-state index contributed by atoms with van der Waals surface area (Å²) in [6.07, 6.45) is 0. The van der Waals surface area contributed by atoms with E-state index in [0.29, 0.717) is 5.39 Å². The molecule has 0 N–H and O–H groups in total. The van der Waals surface area contributed by atoms with E-state index in [9.17, 15) is 4.39 Å². The van der Waals surface area contributed by atoms with Crippen LogP contribution in [0.4, 0.5) is 4.39 Å². The van der Waals surface area contributed by atoms with Gasteiger partial charge in [-0.1, -0.05) is 29.3 Å². The van der Waals surface area contributed by atoms with Crippen LogP contribution in [-0.4, -0.2) is 4.98 Å². The number of nitrogens with zero attached hydrogens (tertiary/aromatic N) is 1. The quantitative estimate of drug-likeness (QED) is 0.612. The molecule has 0 unspecified atom stereocenters. The molecule has 0 aliphatic carbocycles. The lowest BCUT2D eigenvalue weighted by molar-refractivity contribution is 0.637. The highest BCUT2D eigenvalue weighted by molar-refractivity contribution is 6.32. The number of hydrogen-bond acceptors (Lipinski definition) is 1. The van der Waals surface area contributed by atoms with E-state index in [4.69, 9.17) is 23.2 Å². The van der Waals surface area contributed by atoms with Crippen molar-refractivity contribution in [2.24, 2.45) is 0 Å². The van der Waals surface area contributed by atoms with Gasteiger partial charge in [0.1, 0.15) is 10.7 Å². The van der Waals surface area contributed by atoms with E-state index in [2.05, 4.69) is 4.98 Å². The second-order valence-electron chi connectivity index (χ2n) is 2.57. The highest BCUT2D eigenvalue weighted by Crippen LogP contribution is 2.24. The van der Waals surface area contributed by atoms with Crippen LogP contribution in [0.3, 0.4) is 0 Å². The Morgan fingerprint density at radius 2 is 1.77 bits per heavy atom. The summed E-state index contributed by atoms with van der Waals surface area (Å²) in [5.41, 5.74) is 0.208. The lowest BCUT2D eigenvalue weighted by Gasteiger charge is -2.00. The molecule has 1 aromatic heterocycles. The summed E-state index contributed by atoms with van der Waals surface area (Å²) in [7, 11) is 0. The number of halogens is 3. The minimum Gasteiger partial charge on any atom is -0.233 e. The van der Waals surface area contributed by atoms with Gasteiger partial charge in [-0.2, -0.15) is 0 Å². The summed E-state index contributed by atoms with van der Waals surface area (Å²) in [5.74, 6) is -0.526. The van der Waals surface area contributed by atoms with E-state index in [-0.39, 0.29) is 15.7 Å². The fraction of sp³-hybridized carbons (Fsp3) is 0. The van der Waals surface area contributed by atoms with Gasteiger partial charge in [0.15, 0.2) is 5.82 Å². The fourth-order valence-electron chi connectivity index (χ4n) is 1.11. The van der Waals surface area contributed by atoms with Crippen molar-refractivity contribution < 1.29 is 4.39 Å². The van der Waals surface area contributed by atoms with Crippen molar-refractivity contribution in [1.29, 1.82) is 0 Å². The maximum atomic E-state index is 13.3. The molecule has 13 heavy (non-hydrogen) atoms. The van der Waals surface area contributed by atoms with Crippen molar-refractivity contribution in [1.82, 2.24) is 4.98 Å². The molecule has 0 saturated heterocycles.